The fourth-order valence-corrected chi connectivity index (χ4v) is 2.65. The molecule has 1 atom stereocenters. The van der Waals surface area contributed by atoms with Crippen molar-refractivity contribution < 1.29 is 9.47 Å². The molecule has 1 saturated carbocycles. The van der Waals surface area contributed by atoms with Crippen LogP contribution in [0.5, 0.6) is 5.75 Å². The SMILES string of the molecule is CN=C(NCC(C)c1ccccc1OC)N(C)CCOCC1CC1. The van der Waals surface area contributed by atoms with Gasteiger partial charge >= 0.3 is 0 Å². The number of guanidine groups is 1. The highest BCUT2D eigenvalue weighted by Gasteiger charge is 2.21. The maximum absolute atomic E-state index is 5.71. The quantitative estimate of drug-likeness (QED) is 0.429. The Morgan fingerprint density at radius 1 is 1.38 bits per heavy atom. The first-order chi connectivity index (χ1) is 11.7. The molecule has 0 bridgehead atoms. The molecule has 24 heavy (non-hydrogen) atoms. The Morgan fingerprint density at radius 3 is 2.79 bits per heavy atom. The Kier molecular flexibility index (Phi) is 7.37. The number of para-hydroxylation sites is 1. The van der Waals surface area contributed by atoms with Gasteiger partial charge in [0, 0.05) is 39.7 Å². The molecule has 1 N–H and O–H groups in total. The zero-order chi connectivity index (χ0) is 17.4. The number of methoxy groups -OCH3 is 1. The van der Waals surface area contributed by atoms with Crippen LogP contribution in [0.15, 0.2) is 29.3 Å². The Balaban J connectivity index is 1.76. The number of nitrogens with zero attached hydrogens (tertiary/aromatic N) is 2. The summed E-state index contributed by atoms with van der Waals surface area (Å²) in [6.07, 6.45) is 2.67. The van der Waals surface area contributed by atoms with Crippen LogP contribution in [0.25, 0.3) is 0 Å². The molecular formula is C19H31N3O2. The fraction of sp³-hybridized carbons (Fsp3) is 0.632. The maximum atomic E-state index is 5.71. The van der Waals surface area contributed by atoms with E-state index in [0.717, 1.165) is 43.9 Å². The van der Waals surface area contributed by atoms with E-state index in [9.17, 15) is 0 Å². The fourth-order valence-electron chi connectivity index (χ4n) is 2.65. The number of likely N-dealkylation sites (N-methyl/N-ethyl adjacent to an activating group) is 1. The third kappa shape index (κ3) is 5.71. The van der Waals surface area contributed by atoms with Gasteiger partial charge in [-0.05, 0) is 30.4 Å². The molecule has 0 saturated heterocycles. The second-order valence-electron chi connectivity index (χ2n) is 6.51. The van der Waals surface area contributed by atoms with Crippen molar-refractivity contribution in [3.05, 3.63) is 29.8 Å². The van der Waals surface area contributed by atoms with Crippen molar-refractivity contribution in [1.82, 2.24) is 10.2 Å². The lowest BCUT2D eigenvalue weighted by molar-refractivity contribution is 0.115. The predicted octanol–water partition coefficient (Wildman–Crippen LogP) is 2.73. The van der Waals surface area contributed by atoms with Crippen LogP contribution in [0.1, 0.15) is 31.2 Å². The normalized spacial score (nSPS) is 15.9. The molecule has 1 unspecified atom stereocenters. The van der Waals surface area contributed by atoms with Gasteiger partial charge in [-0.1, -0.05) is 25.1 Å². The molecule has 0 heterocycles. The van der Waals surface area contributed by atoms with Crippen LogP contribution in [0, 0.1) is 5.92 Å². The van der Waals surface area contributed by atoms with Crippen molar-refractivity contribution in [1.29, 1.82) is 0 Å². The highest BCUT2D eigenvalue weighted by atomic mass is 16.5. The van der Waals surface area contributed by atoms with Crippen molar-refractivity contribution in [2.24, 2.45) is 10.9 Å². The Morgan fingerprint density at radius 2 is 2.12 bits per heavy atom. The second kappa shape index (κ2) is 9.52. The first-order valence-corrected chi connectivity index (χ1v) is 8.78. The average Bonchev–Trinajstić information content (AvgIpc) is 3.43. The van der Waals surface area contributed by atoms with E-state index in [1.807, 2.05) is 32.3 Å². The highest BCUT2D eigenvalue weighted by Crippen LogP contribution is 2.28. The highest BCUT2D eigenvalue weighted by molar-refractivity contribution is 5.79. The van der Waals surface area contributed by atoms with Crippen LogP contribution in [0.2, 0.25) is 0 Å². The molecular weight excluding hydrogens is 302 g/mol. The predicted molar refractivity (Wildman–Crippen MR) is 98.9 cm³/mol. The molecule has 0 amide bonds. The number of hydrogen-bond donors (Lipinski definition) is 1. The maximum Gasteiger partial charge on any atom is 0.193 e. The first-order valence-electron chi connectivity index (χ1n) is 8.78. The van der Waals surface area contributed by atoms with Crippen molar-refractivity contribution in [3.8, 4) is 5.75 Å². The van der Waals surface area contributed by atoms with Crippen molar-refractivity contribution >= 4 is 5.96 Å². The zero-order valence-electron chi connectivity index (χ0n) is 15.4. The molecule has 2 rings (SSSR count). The lowest BCUT2D eigenvalue weighted by atomic mass is 10.0. The van der Waals surface area contributed by atoms with Crippen molar-refractivity contribution in [2.45, 2.75) is 25.7 Å². The van der Waals surface area contributed by atoms with Crippen LogP contribution >= 0.6 is 0 Å². The van der Waals surface area contributed by atoms with Crippen molar-refractivity contribution in [2.75, 3.05) is 47.5 Å². The third-order valence-corrected chi connectivity index (χ3v) is 4.43. The zero-order valence-corrected chi connectivity index (χ0v) is 15.4. The van der Waals surface area contributed by atoms with E-state index in [0.29, 0.717) is 5.92 Å². The van der Waals surface area contributed by atoms with Crippen LogP contribution in [-0.2, 0) is 4.74 Å². The standard InChI is InChI=1S/C19H31N3O2/c1-15(17-7-5-6-8-18(17)23-4)13-21-19(20-2)22(3)11-12-24-14-16-9-10-16/h5-8,15-16H,9-14H2,1-4H3,(H,20,21). The van der Waals surface area contributed by atoms with E-state index in [4.69, 9.17) is 9.47 Å². The lowest BCUT2D eigenvalue weighted by Gasteiger charge is -2.24. The molecule has 5 heteroatoms. The number of rotatable bonds is 9. The van der Waals surface area contributed by atoms with Gasteiger partial charge in [-0.15, -0.1) is 0 Å². The molecule has 134 valence electrons. The lowest BCUT2D eigenvalue weighted by Crippen LogP contribution is -2.41. The van der Waals surface area contributed by atoms with Gasteiger partial charge in [0.25, 0.3) is 0 Å². The van der Waals surface area contributed by atoms with Gasteiger partial charge in [-0.2, -0.15) is 0 Å². The summed E-state index contributed by atoms with van der Waals surface area (Å²) in [6.45, 7) is 5.49. The van der Waals surface area contributed by atoms with E-state index in [1.54, 1.807) is 7.11 Å². The smallest absolute Gasteiger partial charge is 0.193 e. The molecule has 1 aromatic rings. The van der Waals surface area contributed by atoms with Crippen LogP contribution in [0.3, 0.4) is 0 Å². The van der Waals surface area contributed by atoms with E-state index in [1.165, 1.54) is 18.4 Å². The largest absolute Gasteiger partial charge is 0.496 e. The third-order valence-electron chi connectivity index (χ3n) is 4.43. The Labute approximate surface area is 146 Å². The molecule has 1 aliphatic carbocycles. The monoisotopic (exact) mass is 333 g/mol. The summed E-state index contributed by atoms with van der Waals surface area (Å²) in [4.78, 5) is 6.48. The number of benzene rings is 1. The summed E-state index contributed by atoms with van der Waals surface area (Å²) in [5, 5.41) is 3.45. The Bertz CT molecular complexity index is 529. The van der Waals surface area contributed by atoms with Gasteiger partial charge in [0.15, 0.2) is 5.96 Å². The van der Waals surface area contributed by atoms with E-state index < -0.39 is 0 Å². The minimum absolute atomic E-state index is 0.331. The van der Waals surface area contributed by atoms with Gasteiger partial charge in [-0.3, -0.25) is 4.99 Å². The second-order valence-corrected chi connectivity index (χ2v) is 6.51. The van der Waals surface area contributed by atoms with Gasteiger partial charge < -0.3 is 19.7 Å². The van der Waals surface area contributed by atoms with E-state index >= 15 is 0 Å². The average molecular weight is 333 g/mol. The summed E-state index contributed by atoms with van der Waals surface area (Å²) in [6, 6.07) is 8.16. The summed E-state index contributed by atoms with van der Waals surface area (Å²) in [5.74, 6) is 2.97. The van der Waals surface area contributed by atoms with Gasteiger partial charge in [0.2, 0.25) is 0 Å². The molecule has 0 spiro atoms. The molecule has 1 fully saturated rings. The summed E-state index contributed by atoms with van der Waals surface area (Å²) >= 11 is 0. The number of aliphatic imine (C=N–C) groups is 1. The topological polar surface area (TPSA) is 46.1 Å². The minimum atomic E-state index is 0.331. The van der Waals surface area contributed by atoms with Crippen LogP contribution < -0.4 is 10.1 Å². The van der Waals surface area contributed by atoms with Gasteiger partial charge in [-0.25, -0.2) is 0 Å². The minimum Gasteiger partial charge on any atom is -0.496 e. The molecule has 0 aromatic heterocycles. The Hall–Kier alpha value is -1.75. The molecule has 0 aliphatic heterocycles. The first kappa shape index (κ1) is 18.6. The summed E-state index contributed by atoms with van der Waals surface area (Å²) < 4.78 is 11.2. The van der Waals surface area contributed by atoms with Crippen LogP contribution in [0.4, 0.5) is 0 Å². The van der Waals surface area contributed by atoms with Gasteiger partial charge in [0.05, 0.1) is 13.7 Å². The number of ether oxygens (including phenoxy) is 2. The van der Waals surface area contributed by atoms with Crippen LogP contribution in [-0.4, -0.2) is 58.4 Å². The van der Waals surface area contributed by atoms with Gasteiger partial charge in [0.1, 0.15) is 5.75 Å². The molecule has 1 aromatic carbocycles. The molecule has 1 aliphatic rings. The molecule has 0 radical (unpaired) electrons. The summed E-state index contributed by atoms with van der Waals surface area (Å²) in [7, 11) is 5.58. The number of hydrogen-bond acceptors (Lipinski definition) is 3. The van der Waals surface area contributed by atoms with E-state index in [2.05, 4.69) is 28.2 Å². The molecule has 5 nitrogen and oxygen atoms in total. The summed E-state index contributed by atoms with van der Waals surface area (Å²) in [5.41, 5.74) is 1.21. The van der Waals surface area contributed by atoms with E-state index in [-0.39, 0.29) is 0 Å². The number of nitrogens with one attached hydrogen (secondary N) is 1. The van der Waals surface area contributed by atoms with Crippen molar-refractivity contribution in [3.63, 3.8) is 0 Å².